The Morgan fingerprint density at radius 3 is 2.77 bits per heavy atom. The lowest BCUT2D eigenvalue weighted by Crippen LogP contribution is -2.06. The van der Waals surface area contributed by atoms with Crippen LogP contribution in [0.2, 0.25) is 0 Å². The predicted molar refractivity (Wildman–Crippen MR) is 47.3 cm³/mol. The third-order valence-corrected chi connectivity index (χ3v) is 1.46. The Labute approximate surface area is 77.0 Å². The largest absolute Gasteiger partial charge is 0.406 e. The van der Waals surface area contributed by atoms with E-state index in [2.05, 4.69) is 9.97 Å². The van der Waals surface area contributed by atoms with Gasteiger partial charge in [0.2, 0.25) is 5.88 Å². The van der Waals surface area contributed by atoms with Crippen LogP contribution in [0.25, 0.3) is 0 Å². The lowest BCUT2D eigenvalue weighted by molar-refractivity contribution is -0.132. The van der Waals surface area contributed by atoms with E-state index < -0.39 is 0 Å². The number of aromatic nitrogens is 2. The average molecular weight is 180 g/mol. The van der Waals surface area contributed by atoms with Crippen LogP contribution in [0.5, 0.6) is 5.88 Å². The Kier molecular flexibility index (Phi) is 3.37. The molecule has 70 valence electrons. The molecule has 0 amide bonds. The highest BCUT2D eigenvalue weighted by Gasteiger charge is 2.06. The molecule has 13 heavy (non-hydrogen) atoms. The summed E-state index contributed by atoms with van der Waals surface area (Å²) in [6, 6.07) is 0. The summed E-state index contributed by atoms with van der Waals surface area (Å²) in [7, 11) is 0. The van der Waals surface area contributed by atoms with Gasteiger partial charge in [0.25, 0.3) is 0 Å². The van der Waals surface area contributed by atoms with Gasteiger partial charge in [0, 0.05) is 19.3 Å². The molecular formula is C9H12N2O2. The van der Waals surface area contributed by atoms with Crippen molar-refractivity contribution in [3.63, 3.8) is 0 Å². The van der Waals surface area contributed by atoms with E-state index in [0.717, 1.165) is 18.5 Å². The second-order valence-electron chi connectivity index (χ2n) is 2.65. The van der Waals surface area contributed by atoms with Crippen LogP contribution < -0.4 is 4.74 Å². The van der Waals surface area contributed by atoms with Gasteiger partial charge in [-0.15, -0.1) is 0 Å². The molecule has 0 fully saturated rings. The zero-order valence-electron chi connectivity index (χ0n) is 7.78. The molecule has 1 rings (SSSR count). The molecule has 1 aromatic heterocycles. The molecule has 0 atom stereocenters. The van der Waals surface area contributed by atoms with Gasteiger partial charge in [-0.2, -0.15) is 0 Å². The van der Waals surface area contributed by atoms with Crippen LogP contribution in [0.15, 0.2) is 12.4 Å². The standard InChI is InChI=1S/C9H12N2O2/c1-3-4-8-9(13-7(2)12)11-6-5-10-8/h5-6H,3-4H2,1-2H3. The third kappa shape index (κ3) is 2.82. The van der Waals surface area contributed by atoms with Crippen molar-refractivity contribution < 1.29 is 9.53 Å². The number of hydrogen-bond acceptors (Lipinski definition) is 4. The number of nitrogens with zero attached hydrogens (tertiary/aromatic N) is 2. The molecule has 1 aromatic rings. The molecule has 0 bridgehead atoms. The van der Waals surface area contributed by atoms with Crippen molar-refractivity contribution in [1.82, 2.24) is 9.97 Å². The van der Waals surface area contributed by atoms with Crippen molar-refractivity contribution in [2.75, 3.05) is 0 Å². The summed E-state index contributed by atoms with van der Waals surface area (Å²) in [4.78, 5) is 18.7. The summed E-state index contributed by atoms with van der Waals surface area (Å²) >= 11 is 0. The molecule has 0 aliphatic heterocycles. The van der Waals surface area contributed by atoms with Gasteiger partial charge in [-0.05, 0) is 6.42 Å². The summed E-state index contributed by atoms with van der Waals surface area (Å²) < 4.78 is 4.89. The highest BCUT2D eigenvalue weighted by molar-refractivity contribution is 5.68. The molecule has 4 nitrogen and oxygen atoms in total. The van der Waals surface area contributed by atoms with Crippen LogP contribution in [0, 0.1) is 0 Å². The van der Waals surface area contributed by atoms with Gasteiger partial charge in [-0.3, -0.25) is 9.78 Å². The van der Waals surface area contributed by atoms with Gasteiger partial charge < -0.3 is 4.74 Å². The van der Waals surface area contributed by atoms with Gasteiger partial charge in [-0.25, -0.2) is 4.98 Å². The van der Waals surface area contributed by atoms with Crippen molar-refractivity contribution in [2.24, 2.45) is 0 Å². The first-order valence-electron chi connectivity index (χ1n) is 4.22. The molecule has 0 unspecified atom stereocenters. The molecule has 0 saturated heterocycles. The van der Waals surface area contributed by atoms with Gasteiger partial charge in [-0.1, -0.05) is 13.3 Å². The SMILES string of the molecule is CCCc1nccnc1OC(C)=O. The molecule has 0 aliphatic rings. The molecule has 0 radical (unpaired) electrons. The normalized spacial score (nSPS) is 9.69. The number of rotatable bonds is 3. The number of carbonyl (C=O) groups excluding carboxylic acids is 1. The van der Waals surface area contributed by atoms with E-state index >= 15 is 0 Å². The fraction of sp³-hybridized carbons (Fsp3) is 0.444. The molecule has 0 aromatic carbocycles. The number of carbonyl (C=O) groups is 1. The van der Waals surface area contributed by atoms with E-state index in [1.165, 1.54) is 13.1 Å². The minimum absolute atomic E-state index is 0.330. The number of aryl methyl sites for hydroxylation is 1. The molecular weight excluding hydrogens is 168 g/mol. The molecule has 0 spiro atoms. The smallest absolute Gasteiger partial charge is 0.309 e. The topological polar surface area (TPSA) is 52.1 Å². The summed E-state index contributed by atoms with van der Waals surface area (Å²) in [6.45, 7) is 3.39. The van der Waals surface area contributed by atoms with E-state index in [-0.39, 0.29) is 5.97 Å². The fourth-order valence-electron chi connectivity index (χ4n) is 0.984. The van der Waals surface area contributed by atoms with E-state index in [4.69, 9.17) is 4.74 Å². The van der Waals surface area contributed by atoms with Crippen LogP contribution >= 0.6 is 0 Å². The molecule has 1 heterocycles. The van der Waals surface area contributed by atoms with E-state index in [1.54, 1.807) is 6.20 Å². The van der Waals surface area contributed by atoms with Crippen LogP contribution in [0.1, 0.15) is 26.0 Å². The summed E-state index contributed by atoms with van der Waals surface area (Å²) in [6.07, 6.45) is 4.83. The molecule has 0 aliphatic carbocycles. The quantitative estimate of drug-likeness (QED) is 0.659. The second-order valence-corrected chi connectivity index (χ2v) is 2.65. The van der Waals surface area contributed by atoms with Crippen molar-refractivity contribution in [2.45, 2.75) is 26.7 Å². The highest BCUT2D eigenvalue weighted by atomic mass is 16.5. The number of esters is 1. The summed E-state index contributed by atoms with van der Waals surface area (Å²) in [5.41, 5.74) is 0.736. The average Bonchev–Trinajstić information content (AvgIpc) is 2.08. The Morgan fingerprint density at radius 2 is 2.15 bits per heavy atom. The van der Waals surface area contributed by atoms with E-state index in [0.29, 0.717) is 5.88 Å². The third-order valence-electron chi connectivity index (χ3n) is 1.46. The zero-order valence-corrected chi connectivity index (χ0v) is 7.78. The highest BCUT2D eigenvalue weighted by Crippen LogP contribution is 2.12. The van der Waals surface area contributed by atoms with Gasteiger partial charge in [0.1, 0.15) is 5.69 Å². The lowest BCUT2D eigenvalue weighted by atomic mass is 10.2. The fourth-order valence-corrected chi connectivity index (χ4v) is 0.984. The predicted octanol–water partition coefficient (Wildman–Crippen LogP) is 1.35. The van der Waals surface area contributed by atoms with Crippen molar-refractivity contribution >= 4 is 5.97 Å². The van der Waals surface area contributed by atoms with Crippen LogP contribution in [0.3, 0.4) is 0 Å². The van der Waals surface area contributed by atoms with E-state index in [9.17, 15) is 4.79 Å². The maximum Gasteiger partial charge on any atom is 0.309 e. The molecule has 0 N–H and O–H groups in total. The Balaban J connectivity index is 2.84. The van der Waals surface area contributed by atoms with Crippen molar-refractivity contribution in [3.05, 3.63) is 18.1 Å². The maximum absolute atomic E-state index is 10.7. The van der Waals surface area contributed by atoms with Crippen LogP contribution in [-0.2, 0) is 11.2 Å². The Morgan fingerprint density at radius 1 is 1.46 bits per heavy atom. The maximum atomic E-state index is 10.7. The minimum Gasteiger partial charge on any atom is -0.406 e. The van der Waals surface area contributed by atoms with Crippen molar-refractivity contribution in [3.8, 4) is 5.88 Å². The minimum atomic E-state index is -0.363. The first-order chi connectivity index (χ1) is 6.24. The Bertz CT molecular complexity index is 299. The van der Waals surface area contributed by atoms with Gasteiger partial charge >= 0.3 is 5.97 Å². The number of hydrogen-bond donors (Lipinski definition) is 0. The number of ether oxygens (including phenoxy) is 1. The molecule has 4 heteroatoms. The van der Waals surface area contributed by atoms with Gasteiger partial charge in [0.15, 0.2) is 0 Å². The second kappa shape index (κ2) is 4.54. The summed E-state index contributed by atoms with van der Waals surface area (Å²) in [5.74, 6) is -0.0327. The lowest BCUT2D eigenvalue weighted by Gasteiger charge is -2.04. The van der Waals surface area contributed by atoms with E-state index in [1.807, 2.05) is 6.92 Å². The van der Waals surface area contributed by atoms with Crippen molar-refractivity contribution in [1.29, 1.82) is 0 Å². The first-order valence-corrected chi connectivity index (χ1v) is 4.22. The van der Waals surface area contributed by atoms with Gasteiger partial charge in [0.05, 0.1) is 0 Å². The zero-order chi connectivity index (χ0) is 9.68. The Hall–Kier alpha value is -1.45. The summed E-state index contributed by atoms with van der Waals surface area (Å²) in [5, 5.41) is 0. The molecule has 0 saturated carbocycles. The first kappa shape index (κ1) is 9.64. The monoisotopic (exact) mass is 180 g/mol. The van der Waals surface area contributed by atoms with Crippen LogP contribution in [-0.4, -0.2) is 15.9 Å². The van der Waals surface area contributed by atoms with Crippen LogP contribution in [0.4, 0.5) is 0 Å².